The van der Waals surface area contributed by atoms with Gasteiger partial charge in [-0.25, -0.2) is 14.6 Å². The van der Waals surface area contributed by atoms with Gasteiger partial charge in [-0.1, -0.05) is 6.07 Å². The second-order valence-electron chi connectivity index (χ2n) is 4.43. The molecule has 0 amide bonds. The van der Waals surface area contributed by atoms with Crippen molar-refractivity contribution >= 4 is 17.9 Å². The molecule has 0 unspecified atom stereocenters. The zero-order valence-electron chi connectivity index (χ0n) is 13.7. The summed E-state index contributed by atoms with van der Waals surface area (Å²) >= 11 is 0. The first-order valence-electron chi connectivity index (χ1n) is 6.56. The molecule has 28 heavy (non-hydrogen) atoms. The maximum Gasteiger partial charge on any atom is 0.490 e. The van der Waals surface area contributed by atoms with E-state index in [1.807, 2.05) is 0 Å². The molecule has 1 heterocycles. The summed E-state index contributed by atoms with van der Waals surface area (Å²) in [6, 6.07) is 2.03. The summed E-state index contributed by atoms with van der Waals surface area (Å²) in [4.78, 5) is 32.2. The molecule has 160 valence electrons. The molecule has 0 aliphatic rings. The summed E-state index contributed by atoms with van der Waals surface area (Å²) < 4.78 is 80.3. The lowest BCUT2D eigenvalue weighted by molar-refractivity contribution is -0.193. The number of nitrogens with zero attached hydrogens (tertiary/aromatic N) is 1. The van der Waals surface area contributed by atoms with Crippen molar-refractivity contribution < 1.29 is 60.1 Å². The molecule has 0 saturated heterocycles. The molecule has 15 heteroatoms. The molecule has 0 aromatic carbocycles. The molecule has 0 fully saturated rings. The quantitative estimate of drug-likeness (QED) is 0.376. The molecule has 0 aliphatic carbocycles. The van der Waals surface area contributed by atoms with Crippen LogP contribution in [0.2, 0.25) is 0 Å². The Morgan fingerprint density at radius 2 is 1.46 bits per heavy atom. The van der Waals surface area contributed by atoms with E-state index in [0.29, 0.717) is 12.0 Å². The van der Waals surface area contributed by atoms with Crippen molar-refractivity contribution in [2.75, 3.05) is 7.11 Å². The molecule has 8 nitrogen and oxygen atoms in total. The number of hydrogen-bond acceptors (Lipinski definition) is 6. The van der Waals surface area contributed by atoms with Gasteiger partial charge in [0.2, 0.25) is 5.95 Å². The van der Waals surface area contributed by atoms with E-state index in [1.54, 1.807) is 0 Å². The number of esters is 1. The van der Waals surface area contributed by atoms with Crippen molar-refractivity contribution in [3.63, 3.8) is 0 Å². The highest BCUT2D eigenvalue weighted by atomic mass is 19.4. The number of carbonyl (C=O) groups is 3. The number of pyridine rings is 1. The van der Waals surface area contributed by atoms with Crippen LogP contribution in [0.1, 0.15) is 5.56 Å². The Morgan fingerprint density at radius 1 is 1.07 bits per heavy atom. The van der Waals surface area contributed by atoms with Crippen LogP contribution in [0, 0.1) is 5.95 Å². The van der Waals surface area contributed by atoms with Crippen LogP contribution in [-0.4, -0.2) is 58.6 Å². The second-order valence-corrected chi connectivity index (χ2v) is 4.43. The summed E-state index contributed by atoms with van der Waals surface area (Å²) in [6.45, 7) is 0. The first-order valence-corrected chi connectivity index (χ1v) is 6.56. The molecule has 0 spiro atoms. The molecule has 1 atom stereocenters. The molecule has 0 saturated carbocycles. The molecule has 0 bridgehead atoms. The average molecular weight is 426 g/mol. The molecule has 1 rings (SSSR count). The minimum absolute atomic E-state index is 0.292. The van der Waals surface area contributed by atoms with E-state index < -0.39 is 42.3 Å². The standard InChI is InChI=1S/C9H11FN2O2.2C2HF3O2/c1-14-9(13)7(11)4-6-2-3-8(10)12-5-6;2*3-2(4,5)1(6)7/h2-3,5,7H,4,11H2,1H3;2*(H,6,7)/t7-;;/m0../s1. The van der Waals surface area contributed by atoms with Gasteiger partial charge in [0.1, 0.15) is 6.04 Å². The van der Waals surface area contributed by atoms with Gasteiger partial charge in [-0.15, -0.1) is 0 Å². The van der Waals surface area contributed by atoms with Gasteiger partial charge in [0, 0.05) is 6.20 Å². The maximum atomic E-state index is 12.4. The van der Waals surface area contributed by atoms with Crippen molar-refractivity contribution in [2.45, 2.75) is 24.8 Å². The third kappa shape index (κ3) is 13.3. The van der Waals surface area contributed by atoms with Gasteiger partial charge < -0.3 is 20.7 Å². The van der Waals surface area contributed by atoms with Crippen LogP contribution >= 0.6 is 0 Å². The van der Waals surface area contributed by atoms with Crippen LogP contribution in [0.25, 0.3) is 0 Å². The zero-order valence-corrected chi connectivity index (χ0v) is 13.7. The average Bonchev–Trinajstić information content (AvgIpc) is 2.55. The van der Waals surface area contributed by atoms with E-state index in [0.717, 1.165) is 0 Å². The Bertz CT molecular complexity index is 622. The minimum Gasteiger partial charge on any atom is -0.475 e. The van der Waals surface area contributed by atoms with Crippen molar-refractivity contribution in [1.82, 2.24) is 4.98 Å². The van der Waals surface area contributed by atoms with Crippen molar-refractivity contribution in [3.05, 3.63) is 29.8 Å². The molecule has 0 radical (unpaired) electrons. The van der Waals surface area contributed by atoms with Gasteiger partial charge in [-0.2, -0.15) is 30.7 Å². The number of carboxylic acids is 2. The Kier molecular flexibility index (Phi) is 11.4. The van der Waals surface area contributed by atoms with E-state index in [1.165, 1.54) is 25.4 Å². The molecule has 1 aromatic rings. The highest BCUT2D eigenvalue weighted by molar-refractivity contribution is 5.75. The first kappa shape index (κ1) is 27.3. The third-order valence-electron chi connectivity index (χ3n) is 2.23. The number of carbonyl (C=O) groups excluding carboxylic acids is 1. The highest BCUT2D eigenvalue weighted by Gasteiger charge is 2.38. The lowest BCUT2D eigenvalue weighted by Gasteiger charge is -2.08. The lowest BCUT2D eigenvalue weighted by Crippen LogP contribution is -2.33. The maximum absolute atomic E-state index is 12.4. The predicted molar refractivity (Wildman–Crippen MR) is 75.3 cm³/mol. The Labute approximate surface area is 151 Å². The van der Waals surface area contributed by atoms with Gasteiger partial charge in [0.05, 0.1) is 7.11 Å². The van der Waals surface area contributed by atoms with Crippen molar-refractivity contribution in [1.29, 1.82) is 0 Å². The van der Waals surface area contributed by atoms with E-state index in [-0.39, 0.29) is 0 Å². The summed E-state index contributed by atoms with van der Waals surface area (Å²) in [6.07, 6.45) is -8.53. The van der Waals surface area contributed by atoms with Gasteiger partial charge in [0.15, 0.2) is 0 Å². The van der Waals surface area contributed by atoms with Crippen LogP contribution in [0.15, 0.2) is 18.3 Å². The summed E-state index contributed by atoms with van der Waals surface area (Å²) in [5.74, 6) is -6.56. The van der Waals surface area contributed by atoms with E-state index >= 15 is 0 Å². The Hall–Kier alpha value is -2.97. The van der Waals surface area contributed by atoms with Gasteiger partial charge in [-0.05, 0) is 18.1 Å². The van der Waals surface area contributed by atoms with Crippen LogP contribution in [0.4, 0.5) is 30.7 Å². The number of aliphatic carboxylic acids is 2. The van der Waals surface area contributed by atoms with E-state index in [9.17, 15) is 35.5 Å². The van der Waals surface area contributed by atoms with Crippen LogP contribution in [-0.2, 0) is 25.5 Å². The summed E-state index contributed by atoms with van der Waals surface area (Å²) in [7, 11) is 1.27. The number of alkyl halides is 6. The Balaban J connectivity index is 0. The molecule has 4 N–H and O–H groups in total. The Morgan fingerprint density at radius 3 is 1.71 bits per heavy atom. The minimum atomic E-state index is -5.08. The number of methoxy groups -OCH3 is 1. The summed E-state index contributed by atoms with van der Waals surface area (Å²) in [5, 5.41) is 14.2. The number of hydrogen-bond donors (Lipinski definition) is 3. The number of nitrogens with two attached hydrogens (primary N) is 1. The van der Waals surface area contributed by atoms with Crippen molar-refractivity contribution in [3.8, 4) is 0 Å². The fraction of sp³-hybridized carbons (Fsp3) is 0.385. The normalized spacial score (nSPS) is 11.8. The number of aromatic nitrogens is 1. The SMILES string of the molecule is COC(=O)[C@@H](N)Cc1ccc(F)nc1.O=C(O)C(F)(F)F.O=C(O)C(F)(F)F. The third-order valence-corrected chi connectivity index (χ3v) is 2.23. The molecular formula is C13H13F7N2O6. The number of rotatable bonds is 3. The van der Waals surface area contributed by atoms with Crippen LogP contribution < -0.4 is 5.73 Å². The molecule has 1 aromatic heterocycles. The van der Waals surface area contributed by atoms with Crippen molar-refractivity contribution in [2.24, 2.45) is 5.73 Å². The number of halogens is 7. The second kappa shape index (κ2) is 11.7. The van der Waals surface area contributed by atoms with Crippen LogP contribution in [0.5, 0.6) is 0 Å². The van der Waals surface area contributed by atoms with Gasteiger partial charge in [0.25, 0.3) is 0 Å². The molecular weight excluding hydrogens is 413 g/mol. The zero-order chi connectivity index (χ0) is 22.7. The topological polar surface area (TPSA) is 140 Å². The summed E-state index contributed by atoms with van der Waals surface area (Å²) in [5.41, 5.74) is 6.20. The highest BCUT2D eigenvalue weighted by Crippen LogP contribution is 2.13. The monoisotopic (exact) mass is 426 g/mol. The number of carboxylic acid groups (broad SMARTS) is 2. The van der Waals surface area contributed by atoms with E-state index in [2.05, 4.69) is 9.72 Å². The van der Waals surface area contributed by atoms with Crippen LogP contribution in [0.3, 0.4) is 0 Å². The lowest BCUT2D eigenvalue weighted by atomic mass is 10.1. The predicted octanol–water partition coefficient (Wildman–Crippen LogP) is 1.53. The van der Waals surface area contributed by atoms with E-state index in [4.69, 9.17) is 25.5 Å². The van der Waals surface area contributed by atoms with Gasteiger partial charge in [-0.3, -0.25) is 4.79 Å². The fourth-order valence-electron chi connectivity index (χ4n) is 1.02. The van der Waals surface area contributed by atoms with Gasteiger partial charge >= 0.3 is 30.3 Å². The fourth-order valence-corrected chi connectivity index (χ4v) is 1.02. The smallest absolute Gasteiger partial charge is 0.475 e. The number of ether oxygens (including phenoxy) is 1. The first-order chi connectivity index (χ1) is 12.5. The molecule has 0 aliphatic heterocycles. The largest absolute Gasteiger partial charge is 0.490 e.